The van der Waals surface area contributed by atoms with Crippen molar-refractivity contribution in [3.63, 3.8) is 0 Å². The largest absolute Gasteiger partial charge is 0.377 e. The number of nitrogens with one attached hydrogen (secondary N) is 1. The van der Waals surface area contributed by atoms with Crippen LogP contribution in [0.5, 0.6) is 0 Å². The van der Waals surface area contributed by atoms with Gasteiger partial charge in [-0.25, -0.2) is 0 Å². The second kappa shape index (κ2) is 3.85. The number of hydrogen-bond acceptors (Lipinski definition) is 5. The molecule has 1 heterocycles. The molecule has 5 nitrogen and oxygen atoms in total. The fourth-order valence-electron chi connectivity index (χ4n) is 0.802. The van der Waals surface area contributed by atoms with Crippen molar-refractivity contribution in [1.29, 1.82) is 0 Å². The van der Waals surface area contributed by atoms with Crippen molar-refractivity contribution in [2.24, 2.45) is 0 Å². The van der Waals surface area contributed by atoms with Crippen LogP contribution < -0.4 is 5.32 Å². The quantitative estimate of drug-likeness (QED) is 0.747. The molecule has 0 atom stereocenters. The number of aromatic nitrogens is 2. The Balaban J connectivity index is 2.79. The van der Waals surface area contributed by atoms with Crippen molar-refractivity contribution in [2.45, 2.75) is 26.0 Å². The number of rotatable bonds is 4. The van der Waals surface area contributed by atoms with Crippen molar-refractivity contribution in [3.05, 3.63) is 11.7 Å². The first-order chi connectivity index (χ1) is 6.10. The van der Waals surface area contributed by atoms with Crippen molar-refractivity contribution >= 4 is 0 Å². The van der Waals surface area contributed by atoms with Gasteiger partial charge in [-0.15, -0.1) is 0 Å². The summed E-state index contributed by atoms with van der Waals surface area (Å²) in [5.41, 5.74) is -0.293. The van der Waals surface area contributed by atoms with E-state index < -0.39 is 0 Å². The Hall–Kier alpha value is -0.940. The second-order valence-electron chi connectivity index (χ2n) is 3.32. The van der Waals surface area contributed by atoms with Crippen LogP contribution in [0.3, 0.4) is 0 Å². The van der Waals surface area contributed by atoms with Crippen LogP contribution in [-0.4, -0.2) is 24.3 Å². The van der Waals surface area contributed by atoms with Crippen molar-refractivity contribution in [2.75, 3.05) is 14.2 Å². The van der Waals surface area contributed by atoms with E-state index in [9.17, 15) is 0 Å². The monoisotopic (exact) mass is 185 g/mol. The second-order valence-corrected chi connectivity index (χ2v) is 3.32. The fraction of sp³-hybridized carbons (Fsp3) is 0.750. The summed E-state index contributed by atoms with van der Waals surface area (Å²) in [6.45, 7) is 4.32. The van der Waals surface area contributed by atoms with E-state index in [0.717, 1.165) is 0 Å². The molecule has 0 amide bonds. The standard InChI is InChI=1S/C8H15N3O2/c1-8(2,9-3)7-10-6(5-12-4)11-13-7/h9H,5H2,1-4H3. The molecule has 1 N–H and O–H groups in total. The van der Waals surface area contributed by atoms with Crippen LogP contribution in [0.15, 0.2) is 4.52 Å². The molecule has 0 radical (unpaired) electrons. The molecule has 0 saturated heterocycles. The highest BCUT2D eigenvalue weighted by molar-refractivity contribution is 4.97. The molecule has 0 aliphatic rings. The number of methoxy groups -OCH3 is 1. The minimum Gasteiger partial charge on any atom is -0.377 e. The molecule has 5 heteroatoms. The molecule has 0 spiro atoms. The smallest absolute Gasteiger partial charge is 0.246 e. The number of ether oxygens (including phenoxy) is 1. The topological polar surface area (TPSA) is 60.2 Å². The molecule has 0 aliphatic heterocycles. The first-order valence-corrected chi connectivity index (χ1v) is 4.11. The van der Waals surface area contributed by atoms with Gasteiger partial charge in [0.15, 0.2) is 5.82 Å². The number of hydrogen-bond donors (Lipinski definition) is 1. The normalized spacial score (nSPS) is 12.0. The first kappa shape index (κ1) is 10.1. The summed E-state index contributed by atoms with van der Waals surface area (Å²) < 4.78 is 9.95. The van der Waals surface area contributed by atoms with E-state index in [-0.39, 0.29) is 5.54 Å². The van der Waals surface area contributed by atoms with Gasteiger partial charge in [0.05, 0.1) is 5.54 Å². The Morgan fingerprint density at radius 1 is 1.54 bits per heavy atom. The first-order valence-electron chi connectivity index (χ1n) is 4.11. The molecule has 1 rings (SSSR count). The fourth-order valence-corrected chi connectivity index (χ4v) is 0.802. The molecule has 0 aliphatic carbocycles. The Morgan fingerprint density at radius 3 is 2.77 bits per heavy atom. The van der Waals surface area contributed by atoms with Gasteiger partial charge in [0, 0.05) is 7.11 Å². The Bertz CT molecular complexity index is 270. The lowest BCUT2D eigenvalue weighted by molar-refractivity contribution is 0.174. The average molecular weight is 185 g/mol. The molecule has 1 aromatic heterocycles. The third-order valence-electron chi connectivity index (χ3n) is 1.90. The van der Waals surface area contributed by atoms with Gasteiger partial charge in [-0.2, -0.15) is 4.98 Å². The van der Waals surface area contributed by atoms with Crippen LogP contribution in [-0.2, 0) is 16.9 Å². The lowest BCUT2D eigenvalue weighted by Crippen LogP contribution is -2.33. The summed E-state index contributed by atoms with van der Waals surface area (Å²) in [5.74, 6) is 1.14. The van der Waals surface area contributed by atoms with Gasteiger partial charge in [0.25, 0.3) is 0 Å². The van der Waals surface area contributed by atoms with E-state index in [1.165, 1.54) is 0 Å². The van der Waals surface area contributed by atoms with Crippen LogP contribution >= 0.6 is 0 Å². The third-order valence-corrected chi connectivity index (χ3v) is 1.90. The Labute approximate surface area is 77.5 Å². The van der Waals surface area contributed by atoms with Crippen LogP contribution in [0.4, 0.5) is 0 Å². The summed E-state index contributed by atoms with van der Waals surface area (Å²) in [7, 11) is 3.44. The predicted octanol–water partition coefficient (Wildman–Crippen LogP) is 0.670. The zero-order valence-corrected chi connectivity index (χ0v) is 8.42. The molecule has 13 heavy (non-hydrogen) atoms. The van der Waals surface area contributed by atoms with Crippen molar-refractivity contribution in [3.8, 4) is 0 Å². The molecule has 0 aromatic carbocycles. The van der Waals surface area contributed by atoms with E-state index in [1.807, 2.05) is 20.9 Å². The molecule has 74 valence electrons. The van der Waals surface area contributed by atoms with Crippen LogP contribution in [0, 0.1) is 0 Å². The lowest BCUT2D eigenvalue weighted by Gasteiger charge is -2.17. The van der Waals surface area contributed by atoms with E-state index in [1.54, 1.807) is 7.11 Å². The zero-order chi connectivity index (χ0) is 9.90. The molecule has 0 saturated carbocycles. The van der Waals surface area contributed by atoms with Gasteiger partial charge in [0.1, 0.15) is 6.61 Å². The SMILES string of the molecule is CNC(C)(C)c1nc(COC)no1. The Kier molecular flexibility index (Phi) is 3.00. The van der Waals surface area contributed by atoms with Crippen molar-refractivity contribution in [1.82, 2.24) is 15.5 Å². The molecule has 0 unspecified atom stereocenters. The van der Waals surface area contributed by atoms with E-state index in [4.69, 9.17) is 9.26 Å². The summed E-state index contributed by atoms with van der Waals surface area (Å²) in [6, 6.07) is 0. The van der Waals surface area contributed by atoms with Gasteiger partial charge in [-0.3, -0.25) is 0 Å². The average Bonchev–Trinajstić information content (AvgIpc) is 2.54. The predicted molar refractivity (Wildman–Crippen MR) is 47.1 cm³/mol. The van der Waals surface area contributed by atoms with Gasteiger partial charge >= 0.3 is 0 Å². The highest BCUT2D eigenvalue weighted by atomic mass is 16.5. The number of nitrogens with zero attached hydrogens (tertiary/aromatic N) is 2. The minimum absolute atomic E-state index is 0.293. The van der Waals surface area contributed by atoms with E-state index >= 15 is 0 Å². The maximum atomic E-state index is 5.07. The third kappa shape index (κ3) is 2.26. The van der Waals surface area contributed by atoms with Crippen LogP contribution in [0.1, 0.15) is 25.6 Å². The van der Waals surface area contributed by atoms with Crippen LogP contribution in [0.25, 0.3) is 0 Å². The van der Waals surface area contributed by atoms with Crippen LogP contribution in [0.2, 0.25) is 0 Å². The lowest BCUT2D eigenvalue weighted by atomic mass is 10.1. The summed E-state index contributed by atoms with van der Waals surface area (Å²) >= 11 is 0. The maximum absolute atomic E-state index is 5.07. The molecular weight excluding hydrogens is 170 g/mol. The zero-order valence-electron chi connectivity index (χ0n) is 8.42. The summed E-state index contributed by atoms with van der Waals surface area (Å²) in [6.07, 6.45) is 0. The summed E-state index contributed by atoms with van der Waals surface area (Å²) in [5, 5.41) is 6.85. The van der Waals surface area contributed by atoms with E-state index in [2.05, 4.69) is 15.5 Å². The minimum atomic E-state index is -0.293. The van der Waals surface area contributed by atoms with Crippen molar-refractivity contribution < 1.29 is 9.26 Å². The molecule has 0 fully saturated rings. The highest BCUT2D eigenvalue weighted by Gasteiger charge is 2.25. The molecule has 0 bridgehead atoms. The Morgan fingerprint density at radius 2 is 2.23 bits per heavy atom. The van der Waals surface area contributed by atoms with Gasteiger partial charge in [0.2, 0.25) is 5.89 Å². The van der Waals surface area contributed by atoms with Gasteiger partial charge < -0.3 is 14.6 Å². The van der Waals surface area contributed by atoms with Gasteiger partial charge in [-0.05, 0) is 20.9 Å². The molecule has 1 aromatic rings. The maximum Gasteiger partial charge on any atom is 0.246 e. The van der Waals surface area contributed by atoms with Gasteiger partial charge in [-0.1, -0.05) is 5.16 Å². The molecular formula is C8H15N3O2. The van der Waals surface area contributed by atoms with E-state index in [0.29, 0.717) is 18.3 Å². The summed E-state index contributed by atoms with van der Waals surface area (Å²) in [4.78, 5) is 4.18. The highest BCUT2D eigenvalue weighted by Crippen LogP contribution is 2.16.